The number of aromatic nitrogens is 2. The second kappa shape index (κ2) is 5.81. The van der Waals surface area contributed by atoms with E-state index in [1.165, 1.54) is 4.57 Å². The Kier molecular flexibility index (Phi) is 4.27. The molecule has 21 heavy (non-hydrogen) atoms. The third-order valence-corrected chi connectivity index (χ3v) is 3.88. The molecule has 0 spiro atoms. The first-order valence-electron chi connectivity index (χ1n) is 6.38. The second-order valence-electron chi connectivity index (χ2n) is 4.88. The van der Waals surface area contributed by atoms with Gasteiger partial charge in [-0.15, -0.1) is 0 Å². The first-order chi connectivity index (χ1) is 9.81. The number of benzene rings is 1. The van der Waals surface area contributed by atoms with Gasteiger partial charge in [0.2, 0.25) is 0 Å². The van der Waals surface area contributed by atoms with Crippen LogP contribution >= 0.6 is 15.9 Å². The number of nitrogens with zero attached hydrogens (tertiary/aromatic N) is 2. The van der Waals surface area contributed by atoms with Gasteiger partial charge in [-0.25, -0.2) is 4.79 Å². The van der Waals surface area contributed by atoms with Gasteiger partial charge in [0.25, 0.3) is 0 Å². The highest BCUT2D eigenvalue weighted by Crippen LogP contribution is 2.21. The summed E-state index contributed by atoms with van der Waals surface area (Å²) in [5.41, 5.74) is 2.86. The van der Waals surface area contributed by atoms with Crippen LogP contribution in [-0.4, -0.2) is 20.6 Å². The van der Waals surface area contributed by atoms with E-state index in [4.69, 9.17) is 5.11 Å². The van der Waals surface area contributed by atoms with Crippen molar-refractivity contribution in [2.24, 2.45) is 0 Å². The van der Waals surface area contributed by atoms with E-state index in [0.29, 0.717) is 22.6 Å². The van der Waals surface area contributed by atoms with E-state index in [1.54, 1.807) is 13.8 Å². The predicted octanol–water partition coefficient (Wildman–Crippen LogP) is 2.55. The van der Waals surface area contributed by atoms with Crippen LogP contribution in [0.5, 0.6) is 0 Å². The fourth-order valence-electron chi connectivity index (χ4n) is 2.36. The molecule has 1 heterocycles. The van der Waals surface area contributed by atoms with Crippen LogP contribution in [-0.2, 0) is 11.2 Å². The summed E-state index contributed by atoms with van der Waals surface area (Å²) in [6.45, 7) is 5.30. The van der Waals surface area contributed by atoms with E-state index in [-0.39, 0.29) is 6.42 Å². The first kappa shape index (κ1) is 15.4. The number of halogens is 1. The summed E-state index contributed by atoms with van der Waals surface area (Å²) >= 11 is 3.38. The van der Waals surface area contributed by atoms with Crippen molar-refractivity contribution in [2.45, 2.75) is 27.2 Å². The third kappa shape index (κ3) is 3.05. The molecule has 0 unspecified atom stereocenters. The van der Waals surface area contributed by atoms with E-state index in [0.717, 1.165) is 10.0 Å². The van der Waals surface area contributed by atoms with Gasteiger partial charge in [-0.2, -0.15) is 4.98 Å². The summed E-state index contributed by atoms with van der Waals surface area (Å²) in [6, 6.07) is 5.55. The minimum atomic E-state index is -0.944. The zero-order valence-corrected chi connectivity index (χ0v) is 13.6. The molecule has 0 bridgehead atoms. The van der Waals surface area contributed by atoms with Crippen LogP contribution in [0.25, 0.3) is 5.69 Å². The topological polar surface area (TPSA) is 72.2 Å². The number of hydrogen-bond acceptors (Lipinski definition) is 3. The lowest BCUT2D eigenvalue weighted by Crippen LogP contribution is -2.27. The van der Waals surface area contributed by atoms with Crippen molar-refractivity contribution < 1.29 is 9.90 Å². The molecular weight excluding hydrogens is 336 g/mol. The maximum Gasteiger partial charge on any atom is 0.352 e. The maximum atomic E-state index is 12.2. The summed E-state index contributed by atoms with van der Waals surface area (Å²) in [7, 11) is 0. The molecule has 2 aromatic rings. The van der Waals surface area contributed by atoms with Gasteiger partial charge in [0.15, 0.2) is 0 Å². The Morgan fingerprint density at radius 1 is 1.33 bits per heavy atom. The van der Waals surface area contributed by atoms with E-state index in [1.807, 2.05) is 25.1 Å². The summed E-state index contributed by atoms with van der Waals surface area (Å²) < 4.78 is 2.38. The normalized spacial score (nSPS) is 10.7. The minimum absolute atomic E-state index is 0.152. The maximum absolute atomic E-state index is 12.2. The summed E-state index contributed by atoms with van der Waals surface area (Å²) in [4.78, 5) is 27.2. The Morgan fingerprint density at radius 2 is 2.00 bits per heavy atom. The number of hydrogen-bond donors (Lipinski definition) is 1. The monoisotopic (exact) mass is 350 g/mol. The molecule has 5 nitrogen and oxygen atoms in total. The second-order valence-corrected chi connectivity index (χ2v) is 5.80. The molecule has 0 saturated carbocycles. The fraction of sp³-hybridized carbons (Fsp3) is 0.267. The van der Waals surface area contributed by atoms with E-state index in [2.05, 4.69) is 20.9 Å². The largest absolute Gasteiger partial charge is 0.481 e. The molecule has 0 aliphatic rings. The molecule has 6 heteroatoms. The van der Waals surface area contributed by atoms with Crippen LogP contribution in [0.15, 0.2) is 27.5 Å². The number of carboxylic acid groups (broad SMARTS) is 1. The van der Waals surface area contributed by atoms with Crippen LogP contribution in [0, 0.1) is 20.8 Å². The molecule has 0 aliphatic heterocycles. The minimum Gasteiger partial charge on any atom is -0.481 e. The van der Waals surface area contributed by atoms with Crippen molar-refractivity contribution in [1.82, 2.24) is 9.55 Å². The van der Waals surface area contributed by atoms with Gasteiger partial charge in [-0.1, -0.05) is 15.9 Å². The summed E-state index contributed by atoms with van der Waals surface area (Å²) in [6.07, 6.45) is -0.152. The molecule has 0 aliphatic carbocycles. The Balaban J connectivity index is 2.74. The van der Waals surface area contributed by atoms with Crippen LogP contribution in [0.2, 0.25) is 0 Å². The van der Waals surface area contributed by atoms with Gasteiger partial charge in [-0.05, 0) is 44.5 Å². The fourth-order valence-corrected chi connectivity index (χ4v) is 2.84. The molecule has 0 radical (unpaired) electrons. The van der Waals surface area contributed by atoms with Crippen LogP contribution < -0.4 is 5.69 Å². The van der Waals surface area contributed by atoms with Crippen molar-refractivity contribution in [3.05, 3.63) is 55.7 Å². The Hall–Kier alpha value is -1.95. The number of carbonyl (C=O) groups is 1. The van der Waals surface area contributed by atoms with Crippen molar-refractivity contribution >= 4 is 21.9 Å². The van der Waals surface area contributed by atoms with Gasteiger partial charge in [0.1, 0.15) is 0 Å². The summed E-state index contributed by atoms with van der Waals surface area (Å²) in [5.74, 6) is -0.944. The van der Waals surface area contributed by atoms with Gasteiger partial charge in [-0.3, -0.25) is 9.36 Å². The summed E-state index contributed by atoms with van der Waals surface area (Å²) in [5, 5.41) is 9.02. The number of aryl methyl sites for hydroxylation is 2. The zero-order valence-electron chi connectivity index (χ0n) is 12.0. The third-order valence-electron chi connectivity index (χ3n) is 3.39. The molecule has 0 fully saturated rings. The van der Waals surface area contributed by atoms with Gasteiger partial charge < -0.3 is 5.11 Å². The lowest BCUT2D eigenvalue weighted by molar-refractivity contribution is -0.136. The van der Waals surface area contributed by atoms with Crippen molar-refractivity contribution in [3.63, 3.8) is 0 Å². The molecule has 0 atom stereocenters. The lowest BCUT2D eigenvalue weighted by atomic mass is 10.1. The van der Waals surface area contributed by atoms with Gasteiger partial charge >= 0.3 is 11.7 Å². The van der Waals surface area contributed by atoms with E-state index in [9.17, 15) is 9.59 Å². The van der Waals surface area contributed by atoms with Crippen molar-refractivity contribution in [2.75, 3.05) is 0 Å². The number of rotatable bonds is 3. The van der Waals surface area contributed by atoms with Crippen LogP contribution in [0.4, 0.5) is 0 Å². The van der Waals surface area contributed by atoms with Crippen LogP contribution in [0.1, 0.15) is 22.5 Å². The molecular formula is C15H15BrN2O3. The average molecular weight is 351 g/mol. The number of carboxylic acids is 1. The van der Waals surface area contributed by atoms with Gasteiger partial charge in [0, 0.05) is 21.4 Å². The molecule has 110 valence electrons. The smallest absolute Gasteiger partial charge is 0.352 e. The number of aliphatic carboxylic acids is 1. The van der Waals surface area contributed by atoms with E-state index >= 15 is 0 Å². The first-order valence-corrected chi connectivity index (χ1v) is 7.18. The zero-order chi connectivity index (χ0) is 15.7. The Labute approximate surface area is 130 Å². The van der Waals surface area contributed by atoms with Crippen molar-refractivity contribution in [1.29, 1.82) is 0 Å². The Morgan fingerprint density at radius 3 is 2.57 bits per heavy atom. The quantitative estimate of drug-likeness (QED) is 0.923. The highest BCUT2D eigenvalue weighted by atomic mass is 79.9. The van der Waals surface area contributed by atoms with Crippen LogP contribution in [0.3, 0.4) is 0 Å². The molecule has 1 N–H and O–H groups in total. The molecule has 0 amide bonds. The highest BCUT2D eigenvalue weighted by Gasteiger charge is 2.16. The molecule has 1 aromatic carbocycles. The lowest BCUT2D eigenvalue weighted by Gasteiger charge is -2.16. The van der Waals surface area contributed by atoms with Gasteiger partial charge in [0.05, 0.1) is 12.1 Å². The molecule has 0 saturated heterocycles. The average Bonchev–Trinajstić information content (AvgIpc) is 2.36. The molecule has 2 rings (SSSR count). The highest BCUT2D eigenvalue weighted by molar-refractivity contribution is 9.10. The SMILES string of the molecule is Cc1cc(Br)ccc1-n1c(C)c(CC(=O)O)c(C)nc1=O. The van der Waals surface area contributed by atoms with Crippen molar-refractivity contribution in [3.8, 4) is 5.69 Å². The Bertz CT molecular complexity index is 781. The predicted molar refractivity (Wildman–Crippen MR) is 83.1 cm³/mol. The van der Waals surface area contributed by atoms with E-state index < -0.39 is 11.7 Å². The standard InChI is InChI=1S/C15H15BrN2O3/c1-8-6-11(16)4-5-13(8)18-10(3)12(7-14(19)20)9(2)17-15(18)21/h4-6H,7H2,1-3H3,(H,19,20). The molecule has 1 aromatic heterocycles.